The largest absolute Gasteiger partial charge is 0.364 e. The van der Waals surface area contributed by atoms with E-state index in [-0.39, 0.29) is 5.69 Å². The quantitative estimate of drug-likeness (QED) is 0.742. The van der Waals surface area contributed by atoms with Gasteiger partial charge in [-0.1, -0.05) is 60.7 Å². The highest BCUT2D eigenvalue weighted by atomic mass is 16.2. The summed E-state index contributed by atoms with van der Waals surface area (Å²) in [6, 6.07) is 19.5. The summed E-state index contributed by atoms with van der Waals surface area (Å²) in [6.45, 7) is 0. The predicted molar refractivity (Wildman–Crippen MR) is 81.5 cm³/mol. The zero-order chi connectivity index (χ0) is 14.5. The van der Waals surface area contributed by atoms with Gasteiger partial charge < -0.3 is 0 Å². The highest BCUT2D eigenvalue weighted by molar-refractivity contribution is 5.79. The summed E-state index contributed by atoms with van der Waals surface area (Å²) in [7, 11) is 0. The average molecular weight is 278 g/mol. The van der Waals surface area contributed by atoms with Crippen molar-refractivity contribution in [3.63, 3.8) is 0 Å². The van der Waals surface area contributed by atoms with Crippen LogP contribution in [0.4, 0.5) is 0 Å². The molecule has 0 radical (unpaired) electrons. The molecule has 1 N–H and O–H groups in total. The topological polar surface area (TPSA) is 63.0 Å². The molecular weight excluding hydrogens is 264 g/mol. The van der Waals surface area contributed by atoms with E-state index in [4.69, 9.17) is 0 Å². The van der Waals surface area contributed by atoms with Gasteiger partial charge in [0.25, 0.3) is 0 Å². The molecule has 5 heteroatoms. The normalized spacial score (nSPS) is 11.0. The highest BCUT2D eigenvalue weighted by Gasteiger charge is 2.07. The number of benzene rings is 2. The first-order valence-electron chi connectivity index (χ1n) is 6.62. The number of hydrogen-bond acceptors (Lipinski definition) is 3. The Hall–Kier alpha value is -2.95. The Kier molecular flexibility index (Phi) is 3.73. The zero-order valence-electron chi connectivity index (χ0n) is 11.3. The minimum Gasteiger partial charge on any atom is -0.244 e. The number of H-pyrrole nitrogens is 1. The van der Waals surface area contributed by atoms with Crippen molar-refractivity contribution < 1.29 is 0 Å². The Labute approximate surface area is 121 Å². The van der Waals surface area contributed by atoms with Gasteiger partial charge in [0.1, 0.15) is 0 Å². The van der Waals surface area contributed by atoms with Gasteiger partial charge >= 0.3 is 5.69 Å². The molecule has 2 aromatic carbocycles. The van der Waals surface area contributed by atoms with E-state index in [1.807, 2.05) is 60.7 Å². The number of rotatable bonds is 4. The summed E-state index contributed by atoms with van der Waals surface area (Å²) in [5, 5.41) is 10.7. The predicted octanol–water partition coefficient (Wildman–Crippen LogP) is 2.04. The third kappa shape index (κ3) is 3.14. The Balaban J connectivity index is 1.87. The van der Waals surface area contributed by atoms with Crippen molar-refractivity contribution in [3.8, 4) is 0 Å². The summed E-state index contributed by atoms with van der Waals surface area (Å²) >= 11 is 0. The summed E-state index contributed by atoms with van der Waals surface area (Å²) in [4.78, 5) is 11.8. The monoisotopic (exact) mass is 278 g/mol. The van der Waals surface area contributed by atoms with E-state index >= 15 is 0 Å². The molecule has 0 saturated heterocycles. The lowest BCUT2D eigenvalue weighted by atomic mass is 10.1. The van der Waals surface area contributed by atoms with Crippen LogP contribution in [0.1, 0.15) is 17.0 Å². The first kappa shape index (κ1) is 13.1. The molecule has 0 saturated carbocycles. The van der Waals surface area contributed by atoms with Crippen LogP contribution in [-0.2, 0) is 6.42 Å². The standard InChI is InChI=1S/C16H14N4O/c21-16-19-18-15(11-13-7-3-1-4-8-13)20(16)17-12-14-9-5-2-6-10-14/h1-10,12H,11H2,(H,19,21)/b17-12+. The number of hydrogen-bond donors (Lipinski definition) is 1. The third-order valence-corrected chi connectivity index (χ3v) is 3.04. The summed E-state index contributed by atoms with van der Waals surface area (Å²) in [5.74, 6) is 0.582. The molecule has 0 unspecified atom stereocenters. The molecule has 0 aliphatic carbocycles. The molecule has 0 aliphatic heterocycles. The zero-order valence-corrected chi connectivity index (χ0v) is 11.3. The second-order valence-electron chi connectivity index (χ2n) is 4.57. The number of nitrogens with one attached hydrogen (secondary N) is 1. The maximum atomic E-state index is 11.8. The van der Waals surface area contributed by atoms with E-state index in [2.05, 4.69) is 15.3 Å². The van der Waals surface area contributed by atoms with E-state index < -0.39 is 0 Å². The molecule has 0 amide bonds. The van der Waals surface area contributed by atoms with Crippen LogP contribution in [0.25, 0.3) is 0 Å². The van der Waals surface area contributed by atoms with Gasteiger partial charge in [-0.2, -0.15) is 14.9 Å². The molecule has 0 fully saturated rings. The lowest BCUT2D eigenvalue weighted by Crippen LogP contribution is -2.15. The highest BCUT2D eigenvalue weighted by Crippen LogP contribution is 2.05. The van der Waals surface area contributed by atoms with Crippen LogP contribution in [0.5, 0.6) is 0 Å². The molecule has 21 heavy (non-hydrogen) atoms. The van der Waals surface area contributed by atoms with Crippen LogP contribution in [0.3, 0.4) is 0 Å². The summed E-state index contributed by atoms with van der Waals surface area (Å²) in [6.07, 6.45) is 2.19. The van der Waals surface area contributed by atoms with Crippen molar-refractivity contribution in [1.29, 1.82) is 0 Å². The van der Waals surface area contributed by atoms with Gasteiger partial charge in [0, 0.05) is 6.42 Å². The molecule has 0 bridgehead atoms. The van der Waals surface area contributed by atoms with Gasteiger partial charge in [0.15, 0.2) is 5.82 Å². The molecule has 0 aliphatic rings. The third-order valence-electron chi connectivity index (χ3n) is 3.04. The minimum atomic E-state index is -0.340. The summed E-state index contributed by atoms with van der Waals surface area (Å²) in [5.41, 5.74) is 1.66. The fourth-order valence-corrected chi connectivity index (χ4v) is 2.00. The van der Waals surface area contributed by atoms with E-state index in [0.29, 0.717) is 12.2 Å². The van der Waals surface area contributed by atoms with Crippen molar-refractivity contribution in [2.75, 3.05) is 0 Å². The van der Waals surface area contributed by atoms with Crippen molar-refractivity contribution in [2.24, 2.45) is 5.10 Å². The van der Waals surface area contributed by atoms with Crippen LogP contribution in [0.2, 0.25) is 0 Å². The molecule has 0 spiro atoms. The molecule has 5 nitrogen and oxygen atoms in total. The molecule has 3 rings (SSSR count). The van der Waals surface area contributed by atoms with E-state index in [1.165, 1.54) is 4.68 Å². The SMILES string of the molecule is O=c1[nH]nc(Cc2ccccc2)n1/N=C/c1ccccc1. The van der Waals surface area contributed by atoms with Gasteiger partial charge in [-0.3, -0.25) is 0 Å². The lowest BCUT2D eigenvalue weighted by Gasteiger charge is -2.00. The second kappa shape index (κ2) is 6.00. The van der Waals surface area contributed by atoms with E-state index in [9.17, 15) is 4.79 Å². The fourth-order valence-electron chi connectivity index (χ4n) is 2.00. The lowest BCUT2D eigenvalue weighted by molar-refractivity contribution is 0.775. The molecule has 1 heterocycles. The second-order valence-corrected chi connectivity index (χ2v) is 4.57. The summed E-state index contributed by atoms with van der Waals surface area (Å²) < 4.78 is 1.29. The number of nitrogens with zero attached hydrogens (tertiary/aromatic N) is 3. The Morgan fingerprint density at radius 3 is 2.43 bits per heavy atom. The molecule has 1 aromatic heterocycles. The first-order valence-corrected chi connectivity index (χ1v) is 6.62. The minimum absolute atomic E-state index is 0.340. The Morgan fingerprint density at radius 1 is 1.05 bits per heavy atom. The van der Waals surface area contributed by atoms with Crippen molar-refractivity contribution >= 4 is 6.21 Å². The van der Waals surface area contributed by atoms with Crippen molar-refractivity contribution in [3.05, 3.63) is 88.1 Å². The molecular formula is C16H14N4O. The maximum absolute atomic E-state index is 11.8. The average Bonchev–Trinajstić information content (AvgIpc) is 2.87. The van der Waals surface area contributed by atoms with Crippen LogP contribution < -0.4 is 5.69 Å². The van der Waals surface area contributed by atoms with Crippen molar-refractivity contribution in [2.45, 2.75) is 6.42 Å². The smallest absolute Gasteiger partial charge is 0.244 e. The molecule has 0 atom stereocenters. The van der Waals surface area contributed by atoms with Gasteiger partial charge in [-0.05, 0) is 11.1 Å². The number of aromatic nitrogens is 3. The van der Waals surface area contributed by atoms with Crippen LogP contribution >= 0.6 is 0 Å². The Morgan fingerprint density at radius 2 is 1.71 bits per heavy atom. The fraction of sp³-hybridized carbons (Fsp3) is 0.0625. The van der Waals surface area contributed by atoms with Crippen LogP contribution in [0.15, 0.2) is 70.6 Å². The van der Waals surface area contributed by atoms with E-state index in [1.54, 1.807) is 6.21 Å². The van der Waals surface area contributed by atoms with Gasteiger partial charge in [-0.15, -0.1) is 0 Å². The molecule has 3 aromatic rings. The van der Waals surface area contributed by atoms with Crippen LogP contribution in [0, 0.1) is 0 Å². The van der Waals surface area contributed by atoms with Gasteiger partial charge in [-0.25, -0.2) is 9.89 Å². The van der Waals surface area contributed by atoms with Crippen LogP contribution in [-0.4, -0.2) is 21.1 Å². The van der Waals surface area contributed by atoms with Gasteiger partial charge in [0.2, 0.25) is 0 Å². The molecule has 104 valence electrons. The number of aromatic amines is 1. The van der Waals surface area contributed by atoms with E-state index in [0.717, 1.165) is 11.1 Å². The first-order chi connectivity index (χ1) is 10.3. The van der Waals surface area contributed by atoms with Crippen molar-refractivity contribution in [1.82, 2.24) is 14.9 Å². The maximum Gasteiger partial charge on any atom is 0.364 e. The Bertz CT molecular complexity index is 788. The van der Waals surface area contributed by atoms with Gasteiger partial charge in [0.05, 0.1) is 6.21 Å².